The van der Waals surface area contributed by atoms with E-state index < -0.39 is 0 Å². The van der Waals surface area contributed by atoms with Crippen molar-refractivity contribution in [2.45, 2.75) is 13.8 Å². The molecular formula is C36H28N2. The Morgan fingerprint density at radius 2 is 1.34 bits per heavy atom. The van der Waals surface area contributed by atoms with Crippen LogP contribution in [0, 0.1) is 0 Å². The molecule has 0 radical (unpaired) electrons. The zero-order valence-corrected chi connectivity index (χ0v) is 21.6. The number of aliphatic imine (C=N–C) groups is 1. The summed E-state index contributed by atoms with van der Waals surface area (Å²) in [6, 6.07) is 40.7. The SMILES string of the molecule is C/C=C(/c1ccc2ccccc2c1N=C(C)c1ccc(-c2cccnc2)cc1)c1cccc2ccccc12. The summed E-state index contributed by atoms with van der Waals surface area (Å²) in [5.41, 5.74) is 8.87. The van der Waals surface area contributed by atoms with Crippen molar-refractivity contribution in [3.63, 3.8) is 0 Å². The minimum atomic E-state index is 0.980. The molecule has 0 aliphatic carbocycles. The highest BCUT2D eigenvalue weighted by Crippen LogP contribution is 2.39. The van der Waals surface area contributed by atoms with Gasteiger partial charge in [-0.2, -0.15) is 0 Å². The van der Waals surface area contributed by atoms with Crippen LogP contribution in [0.4, 0.5) is 5.69 Å². The van der Waals surface area contributed by atoms with Crippen LogP contribution in [-0.2, 0) is 0 Å². The first-order valence-corrected chi connectivity index (χ1v) is 13.0. The van der Waals surface area contributed by atoms with Crippen LogP contribution in [-0.4, -0.2) is 10.7 Å². The molecule has 0 aliphatic heterocycles. The molecule has 2 heteroatoms. The number of benzene rings is 5. The topological polar surface area (TPSA) is 25.2 Å². The summed E-state index contributed by atoms with van der Waals surface area (Å²) in [7, 11) is 0. The van der Waals surface area contributed by atoms with Gasteiger partial charge in [0.25, 0.3) is 0 Å². The van der Waals surface area contributed by atoms with Gasteiger partial charge >= 0.3 is 0 Å². The van der Waals surface area contributed by atoms with Gasteiger partial charge in [0.05, 0.1) is 5.69 Å². The van der Waals surface area contributed by atoms with Crippen molar-refractivity contribution in [3.05, 3.63) is 150 Å². The Bertz CT molecular complexity index is 1810. The first-order chi connectivity index (χ1) is 18.7. The average Bonchev–Trinajstić information content (AvgIpc) is 2.99. The predicted octanol–water partition coefficient (Wildman–Crippen LogP) is 9.65. The van der Waals surface area contributed by atoms with E-state index in [9.17, 15) is 0 Å². The van der Waals surface area contributed by atoms with Crippen molar-refractivity contribution in [1.82, 2.24) is 4.98 Å². The summed E-state index contributed by atoms with van der Waals surface area (Å²) < 4.78 is 0. The van der Waals surface area contributed by atoms with E-state index in [2.05, 4.69) is 134 Å². The third-order valence-electron chi connectivity index (χ3n) is 7.14. The molecule has 0 aliphatic rings. The molecule has 0 amide bonds. The molecule has 38 heavy (non-hydrogen) atoms. The average molecular weight is 489 g/mol. The van der Waals surface area contributed by atoms with Crippen LogP contribution in [0.25, 0.3) is 38.2 Å². The number of rotatable bonds is 5. The van der Waals surface area contributed by atoms with Crippen LogP contribution in [0.2, 0.25) is 0 Å². The van der Waals surface area contributed by atoms with Crippen molar-refractivity contribution < 1.29 is 0 Å². The highest BCUT2D eigenvalue weighted by molar-refractivity contribution is 6.08. The molecule has 1 heterocycles. The van der Waals surface area contributed by atoms with Gasteiger partial charge in [0.2, 0.25) is 0 Å². The molecule has 6 rings (SSSR count). The largest absolute Gasteiger partial charge is 0.264 e. The Hall–Kier alpha value is -4.82. The summed E-state index contributed by atoms with van der Waals surface area (Å²) >= 11 is 0. The fourth-order valence-electron chi connectivity index (χ4n) is 5.18. The van der Waals surface area contributed by atoms with E-state index in [1.54, 1.807) is 6.20 Å². The first kappa shape index (κ1) is 23.6. The lowest BCUT2D eigenvalue weighted by molar-refractivity contribution is 1.33. The second-order valence-corrected chi connectivity index (χ2v) is 9.43. The van der Waals surface area contributed by atoms with Crippen molar-refractivity contribution in [2.24, 2.45) is 4.99 Å². The van der Waals surface area contributed by atoms with Gasteiger partial charge in [-0.3, -0.25) is 9.98 Å². The van der Waals surface area contributed by atoms with Gasteiger partial charge in [0.15, 0.2) is 0 Å². The zero-order chi connectivity index (χ0) is 25.9. The lowest BCUT2D eigenvalue weighted by atomic mass is 9.90. The number of nitrogens with zero attached hydrogens (tertiary/aromatic N) is 2. The lowest BCUT2D eigenvalue weighted by Crippen LogP contribution is -1.97. The van der Waals surface area contributed by atoms with E-state index in [0.717, 1.165) is 39.0 Å². The van der Waals surface area contributed by atoms with Crippen molar-refractivity contribution >= 4 is 38.5 Å². The van der Waals surface area contributed by atoms with Gasteiger partial charge in [0, 0.05) is 29.1 Å². The molecule has 5 aromatic carbocycles. The maximum atomic E-state index is 5.30. The van der Waals surface area contributed by atoms with Gasteiger partial charge in [-0.25, -0.2) is 0 Å². The van der Waals surface area contributed by atoms with Crippen LogP contribution in [0.15, 0.2) is 139 Å². The van der Waals surface area contributed by atoms with Gasteiger partial charge in [0.1, 0.15) is 0 Å². The first-order valence-electron chi connectivity index (χ1n) is 13.0. The molecule has 182 valence electrons. The Morgan fingerprint density at radius 1 is 0.632 bits per heavy atom. The second-order valence-electron chi connectivity index (χ2n) is 9.43. The standard InChI is InChI=1S/C36H28N2/c1-3-31(34-16-8-12-28-10-4-6-14-32(28)34)35-22-21-29-11-5-7-15-33(29)36(35)38-25(2)26-17-19-27(20-18-26)30-13-9-23-37-24-30/h3-24H,1-2H3/b31-3+,38-25?. The molecule has 0 bridgehead atoms. The summed E-state index contributed by atoms with van der Waals surface area (Å²) in [5, 5.41) is 4.81. The number of hydrogen-bond acceptors (Lipinski definition) is 2. The number of allylic oxidation sites excluding steroid dienone is 1. The van der Waals surface area contributed by atoms with E-state index in [4.69, 9.17) is 4.99 Å². The van der Waals surface area contributed by atoms with Gasteiger partial charge in [-0.05, 0) is 63.9 Å². The normalized spacial score (nSPS) is 12.3. The van der Waals surface area contributed by atoms with Gasteiger partial charge in [-0.1, -0.05) is 115 Å². The number of pyridine rings is 1. The van der Waals surface area contributed by atoms with E-state index in [1.807, 2.05) is 12.3 Å². The monoisotopic (exact) mass is 488 g/mol. The van der Waals surface area contributed by atoms with Crippen LogP contribution in [0.5, 0.6) is 0 Å². The Labute approximate surface area is 223 Å². The molecule has 0 fully saturated rings. The predicted molar refractivity (Wildman–Crippen MR) is 162 cm³/mol. The maximum Gasteiger partial charge on any atom is 0.0789 e. The summed E-state index contributed by atoms with van der Waals surface area (Å²) in [5.74, 6) is 0. The van der Waals surface area contributed by atoms with E-state index in [1.165, 1.54) is 27.3 Å². The van der Waals surface area contributed by atoms with Crippen LogP contribution >= 0.6 is 0 Å². The minimum absolute atomic E-state index is 0.980. The molecule has 0 N–H and O–H groups in total. The number of aromatic nitrogens is 1. The van der Waals surface area contributed by atoms with Crippen molar-refractivity contribution in [1.29, 1.82) is 0 Å². The van der Waals surface area contributed by atoms with E-state index in [-0.39, 0.29) is 0 Å². The fourth-order valence-corrected chi connectivity index (χ4v) is 5.18. The molecule has 0 saturated carbocycles. The Balaban J connectivity index is 1.50. The Morgan fingerprint density at radius 3 is 2.08 bits per heavy atom. The minimum Gasteiger partial charge on any atom is -0.264 e. The quantitative estimate of drug-likeness (QED) is 0.222. The summed E-state index contributed by atoms with van der Waals surface area (Å²) in [4.78, 5) is 9.55. The van der Waals surface area contributed by atoms with Gasteiger partial charge in [-0.15, -0.1) is 0 Å². The third-order valence-corrected chi connectivity index (χ3v) is 7.14. The second kappa shape index (κ2) is 10.3. The molecule has 0 unspecified atom stereocenters. The molecule has 1 aromatic heterocycles. The molecule has 2 nitrogen and oxygen atoms in total. The number of fused-ring (bicyclic) bond motifs is 2. The molecule has 0 saturated heterocycles. The van der Waals surface area contributed by atoms with Crippen LogP contribution < -0.4 is 0 Å². The van der Waals surface area contributed by atoms with E-state index in [0.29, 0.717) is 0 Å². The summed E-state index contributed by atoms with van der Waals surface area (Å²) in [6.07, 6.45) is 5.90. The maximum absolute atomic E-state index is 5.30. The fraction of sp³-hybridized carbons (Fsp3) is 0.0556. The molecular weight excluding hydrogens is 460 g/mol. The molecule has 0 atom stereocenters. The highest BCUT2D eigenvalue weighted by Gasteiger charge is 2.15. The summed E-state index contributed by atoms with van der Waals surface area (Å²) in [6.45, 7) is 4.21. The lowest BCUT2D eigenvalue weighted by Gasteiger charge is -2.16. The van der Waals surface area contributed by atoms with Crippen LogP contribution in [0.1, 0.15) is 30.5 Å². The molecule has 6 aromatic rings. The van der Waals surface area contributed by atoms with Gasteiger partial charge < -0.3 is 0 Å². The van der Waals surface area contributed by atoms with Crippen molar-refractivity contribution in [2.75, 3.05) is 0 Å². The smallest absolute Gasteiger partial charge is 0.0789 e. The van der Waals surface area contributed by atoms with Crippen LogP contribution in [0.3, 0.4) is 0 Å². The number of hydrogen-bond donors (Lipinski definition) is 0. The molecule has 0 spiro atoms. The third kappa shape index (κ3) is 4.42. The Kier molecular flexibility index (Phi) is 6.37. The zero-order valence-electron chi connectivity index (χ0n) is 21.6. The van der Waals surface area contributed by atoms with Crippen molar-refractivity contribution in [3.8, 4) is 11.1 Å². The highest BCUT2D eigenvalue weighted by atomic mass is 14.8. The van der Waals surface area contributed by atoms with E-state index >= 15 is 0 Å².